The smallest absolute Gasteiger partial charge is 0.205 e. The number of aromatic nitrogens is 6. The summed E-state index contributed by atoms with van der Waals surface area (Å²) in [6.45, 7) is 2.06. The zero-order valence-corrected chi connectivity index (χ0v) is 15.9. The molecule has 1 atom stereocenters. The van der Waals surface area contributed by atoms with Crippen LogP contribution in [0.5, 0.6) is 0 Å². The molecule has 4 aromatic rings. The van der Waals surface area contributed by atoms with Crippen LogP contribution in [0.1, 0.15) is 18.3 Å². The van der Waals surface area contributed by atoms with Gasteiger partial charge in [0.05, 0.1) is 0 Å². The van der Waals surface area contributed by atoms with Gasteiger partial charge in [-0.25, -0.2) is 4.98 Å². The Kier molecular flexibility index (Phi) is 4.13. The fourth-order valence-electron chi connectivity index (χ4n) is 3.66. The highest BCUT2D eigenvalue weighted by atomic mass is 15.5. The minimum atomic E-state index is -0.414. The maximum Gasteiger partial charge on any atom is 0.205 e. The Labute approximate surface area is 167 Å². The molecule has 0 amide bonds. The summed E-state index contributed by atoms with van der Waals surface area (Å²) in [5, 5.41) is 14.4. The number of nitrogens with zero attached hydrogens (tertiary/aromatic N) is 5. The number of aromatic amines is 2. The predicted molar refractivity (Wildman–Crippen MR) is 111 cm³/mol. The van der Waals surface area contributed by atoms with Gasteiger partial charge in [0.15, 0.2) is 0 Å². The zero-order valence-electron chi connectivity index (χ0n) is 15.9. The second-order valence-corrected chi connectivity index (χ2v) is 7.22. The number of rotatable bonds is 5. The molecule has 0 spiro atoms. The van der Waals surface area contributed by atoms with Crippen molar-refractivity contribution in [1.82, 2.24) is 30.6 Å². The molecule has 0 radical (unpaired) electrons. The third-order valence-electron chi connectivity index (χ3n) is 5.13. The number of H-pyrrole nitrogens is 2. The molecule has 2 aromatic heterocycles. The van der Waals surface area contributed by atoms with Crippen molar-refractivity contribution in [2.75, 3.05) is 0 Å². The van der Waals surface area contributed by atoms with E-state index in [2.05, 4.69) is 78.9 Å². The second-order valence-electron chi connectivity index (χ2n) is 7.22. The van der Waals surface area contributed by atoms with E-state index in [1.807, 2.05) is 30.6 Å². The summed E-state index contributed by atoms with van der Waals surface area (Å²) in [5.41, 5.74) is 5.14. The molecular formula is C22H19N7. The van der Waals surface area contributed by atoms with Crippen LogP contribution in [0.3, 0.4) is 0 Å². The van der Waals surface area contributed by atoms with Crippen molar-refractivity contribution in [1.29, 1.82) is 0 Å². The van der Waals surface area contributed by atoms with Gasteiger partial charge >= 0.3 is 0 Å². The Bertz CT molecular complexity index is 1170. The Morgan fingerprint density at radius 1 is 1.00 bits per heavy atom. The third-order valence-corrected chi connectivity index (χ3v) is 5.13. The molecule has 1 unspecified atom stereocenters. The quantitative estimate of drug-likeness (QED) is 0.551. The van der Waals surface area contributed by atoms with Crippen molar-refractivity contribution in [3.8, 4) is 22.5 Å². The number of benzene rings is 2. The van der Waals surface area contributed by atoms with Crippen LogP contribution in [-0.2, 0) is 12.0 Å². The number of tetrazole rings is 1. The number of hydrogen-bond acceptors (Lipinski definition) is 5. The van der Waals surface area contributed by atoms with E-state index in [1.165, 1.54) is 11.1 Å². The average Bonchev–Trinajstić information content (AvgIpc) is 3.52. The van der Waals surface area contributed by atoms with Gasteiger partial charge in [0.1, 0.15) is 11.4 Å². The van der Waals surface area contributed by atoms with Crippen molar-refractivity contribution in [3.05, 3.63) is 84.0 Å². The molecule has 1 aliphatic rings. The van der Waals surface area contributed by atoms with Gasteiger partial charge < -0.3 is 4.98 Å². The molecule has 142 valence electrons. The van der Waals surface area contributed by atoms with Gasteiger partial charge in [-0.3, -0.25) is 4.99 Å². The molecule has 2 aromatic carbocycles. The van der Waals surface area contributed by atoms with E-state index in [1.54, 1.807) is 6.20 Å². The summed E-state index contributed by atoms with van der Waals surface area (Å²) in [5.74, 6) is 1.45. The number of allylic oxidation sites excluding steroid dienone is 1. The summed E-state index contributed by atoms with van der Waals surface area (Å²) in [6.07, 6.45) is 8.53. The molecular weight excluding hydrogens is 362 g/mol. The summed E-state index contributed by atoms with van der Waals surface area (Å²) in [7, 11) is 0. The van der Waals surface area contributed by atoms with Crippen LogP contribution < -0.4 is 0 Å². The molecule has 1 aliphatic heterocycles. The third kappa shape index (κ3) is 3.27. The number of aliphatic imine (C=N–C) groups is 1. The molecule has 0 saturated carbocycles. The van der Waals surface area contributed by atoms with Crippen LogP contribution in [0.2, 0.25) is 0 Å². The van der Waals surface area contributed by atoms with Crippen molar-refractivity contribution in [2.45, 2.75) is 18.9 Å². The van der Waals surface area contributed by atoms with Crippen LogP contribution in [-0.4, -0.2) is 36.8 Å². The highest BCUT2D eigenvalue weighted by Crippen LogP contribution is 2.32. The maximum atomic E-state index is 4.66. The summed E-state index contributed by atoms with van der Waals surface area (Å²) >= 11 is 0. The van der Waals surface area contributed by atoms with Gasteiger partial charge in [-0.1, -0.05) is 48.5 Å². The fraction of sp³-hybridized carbons (Fsp3) is 0.136. The van der Waals surface area contributed by atoms with Crippen LogP contribution in [0.25, 0.3) is 22.5 Å². The minimum Gasteiger partial charge on any atom is -0.346 e. The summed E-state index contributed by atoms with van der Waals surface area (Å²) in [6, 6.07) is 16.6. The maximum absolute atomic E-state index is 4.66. The monoisotopic (exact) mass is 381 g/mol. The largest absolute Gasteiger partial charge is 0.346 e. The van der Waals surface area contributed by atoms with Crippen LogP contribution in [0, 0.1) is 0 Å². The molecule has 5 rings (SSSR count). The van der Waals surface area contributed by atoms with Crippen molar-refractivity contribution in [3.63, 3.8) is 0 Å². The van der Waals surface area contributed by atoms with E-state index in [-0.39, 0.29) is 0 Å². The lowest BCUT2D eigenvalue weighted by Crippen LogP contribution is -2.15. The Balaban J connectivity index is 1.38. The minimum absolute atomic E-state index is 0.414. The number of imidazole rings is 1. The molecule has 7 heteroatoms. The highest BCUT2D eigenvalue weighted by molar-refractivity contribution is 5.83. The first kappa shape index (κ1) is 17.2. The molecule has 7 nitrogen and oxygen atoms in total. The van der Waals surface area contributed by atoms with E-state index in [0.717, 1.165) is 28.9 Å². The lowest BCUT2D eigenvalue weighted by molar-refractivity contribution is 0.603. The van der Waals surface area contributed by atoms with E-state index >= 15 is 0 Å². The lowest BCUT2D eigenvalue weighted by Gasteiger charge is -2.14. The zero-order chi connectivity index (χ0) is 19.7. The van der Waals surface area contributed by atoms with Gasteiger partial charge in [-0.2, -0.15) is 5.21 Å². The molecule has 29 heavy (non-hydrogen) atoms. The van der Waals surface area contributed by atoms with Gasteiger partial charge in [0.25, 0.3) is 0 Å². The molecule has 0 saturated heterocycles. The first-order chi connectivity index (χ1) is 14.2. The standard InChI is InChI=1S/C22H19N7/c1-22(21-23-10-11-24-21)13-16(14-25-22)12-15-6-8-17(9-7-15)18-4-2-3-5-19(18)20-26-28-29-27-20/h2-11,13-14H,12H2,1H3,(H,23,24)(H,26,27,28,29). The van der Waals surface area contributed by atoms with E-state index in [0.29, 0.717) is 5.82 Å². The van der Waals surface area contributed by atoms with Gasteiger partial charge in [-0.05, 0) is 46.9 Å². The van der Waals surface area contributed by atoms with Crippen molar-refractivity contribution >= 4 is 6.21 Å². The predicted octanol–water partition coefficient (Wildman–Crippen LogP) is 3.73. The second kappa shape index (κ2) is 6.94. The number of nitrogens with one attached hydrogen (secondary N) is 2. The van der Waals surface area contributed by atoms with Gasteiger partial charge in [-0.15, -0.1) is 10.2 Å². The van der Waals surface area contributed by atoms with Crippen LogP contribution >= 0.6 is 0 Å². The Morgan fingerprint density at radius 3 is 2.55 bits per heavy atom. The van der Waals surface area contributed by atoms with Gasteiger partial charge in [0.2, 0.25) is 5.82 Å². The first-order valence-electron chi connectivity index (χ1n) is 9.40. The van der Waals surface area contributed by atoms with E-state index in [4.69, 9.17) is 0 Å². The molecule has 2 N–H and O–H groups in total. The lowest BCUT2D eigenvalue weighted by atomic mass is 9.96. The topological polar surface area (TPSA) is 95.5 Å². The number of hydrogen-bond donors (Lipinski definition) is 2. The molecule has 3 heterocycles. The average molecular weight is 381 g/mol. The van der Waals surface area contributed by atoms with Crippen molar-refractivity contribution < 1.29 is 0 Å². The van der Waals surface area contributed by atoms with Crippen molar-refractivity contribution in [2.24, 2.45) is 4.99 Å². The SMILES string of the molecule is CC1(c2ncc[nH]2)C=C(Cc2ccc(-c3ccccc3-c3nn[nH]n3)cc2)C=N1. The Hall–Kier alpha value is -3.87. The highest BCUT2D eigenvalue weighted by Gasteiger charge is 2.29. The first-order valence-corrected chi connectivity index (χ1v) is 9.40. The van der Waals surface area contributed by atoms with E-state index < -0.39 is 5.54 Å². The van der Waals surface area contributed by atoms with Crippen LogP contribution in [0.15, 0.2) is 77.6 Å². The molecule has 0 fully saturated rings. The summed E-state index contributed by atoms with van der Waals surface area (Å²) in [4.78, 5) is 12.2. The molecule has 0 aliphatic carbocycles. The van der Waals surface area contributed by atoms with E-state index in [9.17, 15) is 0 Å². The van der Waals surface area contributed by atoms with Crippen LogP contribution in [0.4, 0.5) is 0 Å². The molecule has 0 bridgehead atoms. The Morgan fingerprint density at radius 2 is 1.83 bits per heavy atom. The summed E-state index contributed by atoms with van der Waals surface area (Å²) < 4.78 is 0. The normalized spacial score (nSPS) is 18.2. The van der Waals surface area contributed by atoms with Gasteiger partial charge in [0, 0.05) is 24.2 Å². The fourth-order valence-corrected chi connectivity index (χ4v) is 3.66.